The standard InChI is InChI=1S/C9H7N3O/c10-5-6-11-9-12-7-3-1-2-4-8(7)13-9/h1-4H,6H2,(H,11,12). The third-order valence-corrected chi connectivity index (χ3v) is 1.61. The zero-order valence-electron chi connectivity index (χ0n) is 6.82. The van der Waals surface area contributed by atoms with Gasteiger partial charge < -0.3 is 9.73 Å². The summed E-state index contributed by atoms with van der Waals surface area (Å²) in [5, 5.41) is 11.1. The fourth-order valence-electron chi connectivity index (χ4n) is 1.06. The van der Waals surface area contributed by atoms with Crippen LogP contribution >= 0.6 is 0 Å². The number of fused-ring (bicyclic) bond motifs is 1. The van der Waals surface area contributed by atoms with Crippen molar-refractivity contribution in [2.24, 2.45) is 0 Å². The summed E-state index contributed by atoms with van der Waals surface area (Å²) in [7, 11) is 0. The number of hydrogen-bond acceptors (Lipinski definition) is 4. The van der Waals surface area contributed by atoms with Crippen LogP contribution in [-0.2, 0) is 0 Å². The molecule has 0 aliphatic heterocycles. The van der Waals surface area contributed by atoms with Gasteiger partial charge in [-0.2, -0.15) is 10.2 Å². The summed E-state index contributed by atoms with van der Waals surface area (Å²) in [6.45, 7) is 0.201. The van der Waals surface area contributed by atoms with Gasteiger partial charge in [-0.25, -0.2) is 0 Å². The van der Waals surface area contributed by atoms with Crippen LogP contribution in [0, 0.1) is 11.3 Å². The average molecular weight is 173 g/mol. The Kier molecular flexibility index (Phi) is 1.85. The van der Waals surface area contributed by atoms with Gasteiger partial charge in [0.25, 0.3) is 6.01 Å². The van der Waals surface area contributed by atoms with Crippen molar-refractivity contribution in [3.05, 3.63) is 24.3 Å². The first-order valence-electron chi connectivity index (χ1n) is 3.86. The first kappa shape index (κ1) is 7.62. The van der Waals surface area contributed by atoms with Crippen molar-refractivity contribution >= 4 is 17.1 Å². The number of para-hydroxylation sites is 2. The number of nitrogens with one attached hydrogen (secondary N) is 1. The van der Waals surface area contributed by atoms with Crippen molar-refractivity contribution in [2.45, 2.75) is 0 Å². The number of nitriles is 1. The number of oxazole rings is 1. The van der Waals surface area contributed by atoms with E-state index in [1.807, 2.05) is 30.3 Å². The molecule has 0 atom stereocenters. The highest BCUT2D eigenvalue weighted by molar-refractivity contribution is 5.74. The lowest BCUT2D eigenvalue weighted by molar-refractivity contribution is 0.618. The zero-order chi connectivity index (χ0) is 9.10. The minimum atomic E-state index is 0.201. The van der Waals surface area contributed by atoms with Gasteiger partial charge in [0.2, 0.25) is 0 Å². The van der Waals surface area contributed by atoms with Crippen LogP contribution in [0.1, 0.15) is 0 Å². The van der Waals surface area contributed by atoms with Crippen LogP contribution in [0.25, 0.3) is 11.1 Å². The van der Waals surface area contributed by atoms with Crippen LogP contribution in [0.3, 0.4) is 0 Å². The second-order valence-electron chi connectivity index (χ2n) is 2.50. The molecule has 1 aromatic carbocycles. The van der Waals surface area contributed by atoms with Gasteiger partial charge in [-0.1, -0.05) is 12.1 Å². The molecular weight excluding hydrogens is 166 g/mol. The molecule has 4 heteroatoms. The summed E-state index contributed by atoms with van der Waals surface area (Å²) in [6, 6.07) is 9.80. The fraction of sp³-hybridized carbons (Fsp3) is 0.111. The number of rotatable bonds is 2. The van der Waals surface area contributed by atoms with Crippen LogP contribution in [0.5, 0.6) is 0 Å². The summed E-state index contributed by atoms with van der Waals surface area (Å²) in [5.41, 5.74) is 1.52. The third kappa shape index (κ3) is 1.44. The second kappa shape index (κ2) is 3.15. The van der Waals surface area contributed by atoms with Gasteiger partial charge in [0.15, 0.2) is 5.58 Å². The van der Waals surface area contributed by atoms with E-state index in [4.69, 9.17) is 9.68 Å². The van der Waals surface area contributed by atoms with Crippen molar-refractivity contribution in [3.63, 3.8) is 0 Å². The fourth-order valence-corrected chi connectivity index (χ4v) is 1.06. The lowest BCUT2D eigenvalue weighted by Gasteiger charge is -1.89. The normalized spacial score (nSPS) is 9.77. The van der Waals surface area contributed by atoms with Gasteiger partial charge >= 0.3 is 0 Å². The van der Waals surface area contributed by atoms with E-state index in [2.05, 4.69) is 10.3 Å². The van der Waals surface area contributed by atoms with Crippen molar-refractivity contribution in [1.29, 1.82) is 5.26 Å². The molecule has 0 aliphatic carbocycles. The Morgan fingerprint density at radius 1 is 1.46 bits per heavy atom. The molecule has 2 aromatic rings. The number of benzene rings is 1. The quantitative estimate of drug-likeness (QED) is 0.703. The summed E-state index contributed by atoms with van der Waals surface area (Å²) in [6.07, 6.45) is 0. The van der Waals surface area contributed by atoms with Gasteiger partial charge in [0.05, 0.1) is 6.07 Å². The van der Waals surface area contributed by atoms with Gasteiger partial charge in [-0.3, -0.25) is 0 Å². The Labute approximate surface area is 74.8 Å². The van der Waals surface area contributed by atoms with Crippen LogP contribution in [0.4, 0.5) is 6.01 Å². The third-order valence-electron chi connectivity index (χ3n) is 1.61. The number of anilines is 1. The molecule has 1 heterocycles. The molecule has 0 amide bonds. The van der Waals surface area contributed by atoms with Crippen molar-refractivity contribution in [3.8, 4) is 6.07 Å². The second-order valence-corrected chi connectivity index (χ2v) is 2.50. The molecule has 0 aliphatic rings. The van der Waals surface area contributed by atoms with Crippen LogP contribution in [0.15, 0.2) is 28.7 Å². The van der Waals surface area contributed by atoms with E-state index < -0.39 is 0 Å². The lowest BCUT2D eigenvalue weighted by atomic mass is 10.3. The van der Waals surface area contributed by atoms with E-state index in [1.165, 1.54) is 0 Å². The molecule has 0 fully saturated rings. The highest BCUT2D eigenvalue weighted by Crippen LogP contribution is 2.17. The predicted molar refractivity (Wildman–Crippen MR) is 48.1 cm³/mol. The van der Waals surface area contributed by atoms with Crippen molar-refractivity contribution in [2.75, 3.05) is 11.9 Å². The number of hydrogen-bond donors (Lipinski definition) is 1. The molecule has 13 heavy (non-hydrogen) atoms. The molecule has 0 bridgehead atoms. The summed E-state index contributed by atoms with van der Waals surface area (Å²) in [5.74, 6) is 0. The summed E-state index contributed by atoms with van der Waals surface area (Å²) in [4.78, 5) is 4.12. The molecule has 0 saturated heterocycles. The van der Waals surface area contributed by atoms with E-state index in [0.29, 0.717) is 6.01 Å². The van der Waals surface area contributed by atoms with Crippen molar-refractivity contribution in [1.82, 2.24) is 4.98 Å². The minimum absolute atomic E-state index is 0.201. The minimum Gasteiger partial charge on any atom is -0.424 e. The molecule has 4 nitrogen and oxygen atoms in total. The molecule has 0 unspecified atom stereocenters. The lowest BCUT2D eigenvalue weighted by Crippen LogP contribution is -1.97. The van der Waals surface area contributed by atoms with Gasteiger partial charge in [-0.05, 0) is 12.1 Å². The maximum atomic E-state index is 8.32. The van der Waals surface area contributed by atoms with Crippen molar-refractivity contribution < 1.29 is 4.42 Å². The Hall–Kier alpha value is -2.02. The van der Waals surface area contributed by atoms with Crippen LogP contribution in [-0.4, -0.2) is 11.5 Å². The Morgan fingerprint density at radius 2 is 2.31 bits per heavy atom. The summed E-state index contributed by atoms with van der Waals surface area (Å²) < 4.78 is 5.30. The van der Waals surface area contributed by atoms with Gasteiger partial charge in [0, 0.05) is 0 Å². The molecule has 1 aromatic heterocycles. The molecule has 2 rings (SSSR count). The zero-order valence-corrected chi connectivity index (χ0v) is 6.82. The first-order chi connectivity index (χ1) is 6.40. The largest absolute Gasteiger partial charge is 0.424 e. The molecule has 0 spiro atoms. The highest BCUT2D eigenvalue weighted by atomic mass is 16.4. The average Bonchev–Trinajstić information content (AvgIpc) is 2.57. The maximum Gasteiger partial charge on any atom is 0.296 e. The molecule has 1 N–H and O–H groups in total. The molecular formula is C9H7N3O. The summed E-state index contributed by atoms with van der Waals surface area (Å²) >= 11 is 0. The Bertz CT molecular complexity index is 422. The predicted octanol–water partition coefficient (Wildman–Crippen LogP) is 1.76. The monoisotopic (exact) mass is 173 g/mol. The van der Waals surface area contributed by atoms with Crippen LogP contribution in [0.2, 0.25) is 0 Å². The maximum absolute atomic E-state index is 8.32. The van der Waals surface area contributed by atoms with E-state index in [0.717, 1.165) is 11.1 Å². The van der Waals surface area contributed by atoms with Gasteiger partial charge in [-0.15, -0.1) is 0 Å². The SMILES string of the molecule is N#CCNc1nc2ccccc2o1. The Morgan fingerprint density at radius 3 is 3.08 bits per heavy atom. The number of nitrogens with zero attached hydrogens (tertiary/aromatic N) is 2. The number of aromatic nitrogens is 1. The molecule has 0 radical (unpaired) electrons. The Balaban J connectivity index is 2.34. The smallest absolute Gasteiger partial charge is 0.296 e. The van der Waals surface area contributed by atoms with E-state index in [1.54, 1.807) is 0 Å². The first-order valence-corrected chi connectivity index (χ1v) is 3.86. The van der Waals surface area contributed by atoms with Crippen LogP contribution < -0.4 is 5.32 Å². The molecule has 0 saturated carbocycles. The highest BCUT2D eigenvalue weighted by Gasteiger charge is 2.02. The van der Waals surface area contributed by atoms with E-state index >= 15 is 0 Å². The van der Waals surface area contributed by atoms with E-state index in [9.17, 15) is 0 Å². The van der Waals surface area contributed by atoms with Gasteiger partial charge in [0.1, 0.15) is 12.1 Å². The molecule has 64 valence electrons. The topological polar surface area (TPSA) is 61.9 Å². The van der Waals surface area contributed by atoms with E-state index in [-0.39, 0.29) is 6.54 Å².